The van der Waals surface area contributed by atoms with Gasteiger partial charge in [-0.1, -0.05) is 9.35 Å². The van der Waals surface area contributed by atoms with E-state index in [1.165, 1.54) is 0 Å². The molecule has 18 heavy (non-hydrogen) atoms. The van der Waals surface area contributed by atoms with Crippen LogP contribution in [0.3, 0.4) is 0 Å². The van der Waals surface area contributed by atoms with Crippen LogP contribution in [0.25, 0.3) is 0 Å². The third-order valence-electron chi connectivity index (χ3n) is 2.47. The number of phosphoric ester groups is 1. The van der Waals surface area contributed by atoms with Gasteiger partial charge in [0, 0.05) is 0 Å². The summed E-state index contributed by atoms with van der Waals surface area (Å²) in [5.41, 5.74) is 0. The molecule has 2 atom stereocenters. The number of phosphoric acid groups is 2. The van der Waals surface area contributed by atoms with Gasteiger partial charge >= 0.3 is 15.6 Å². The molecule has 2 unspecified atom stereocenters. The minimum absolute atomic E-state index is 0.0184. The lowest BCUT2D eigenvalue weighted by Gasteiger charge is -2.28. The zero-order valence-corrected chi connectivity index (χ0v) is 9.77. The molecule has 0 saturated carbocycles. The van der Waals surface area contributed by atoms with Crippen molar-refractivity contribution in [2.45, 2.75) is 0 Å². The maximum atomic E-state index is 11.9. The topological polar surface area (TPSA) is 108 Å². The van der Waals surface area contributed by atoms with Gasteiger partial charge < -0.3 is 27.9 Å². The Morgan fingerprint density at radius 2 is 0.944 bits per heavy atom. The lowest BCUT2D eigenvalue weighted by molar-refractivity contribution is -0.203. The average Bonchev–Trinajstić information content (AvgIpc) is 2.52. The maximum absolute atomic E-state index is 11.9. The lowest BCUT2D eigenvalue weighted by Crippen LogP contribution is -2.17. The Morgan fingerprint density at radius 3 is 1.50 bits per heavy atom. The summed E-state index contributed by atoms with van der Waals surface area (Å²) in [5, 5.41) is 0. The molecule has 0 spiro atoms. The first-order chi connectivity index (χ1) is 8.57. The Morgan fingerprint density at radius 1 is 0.556 bits per heavy atom. The second-order valence-corrected chi connectivity index (χ2v) is 6.37. The van der Waals surface area contributed by atoms with E-state index >= 15 is 0 Å². The highest BCUT2D eigenvalue weighted by atomic mass is 31.2. The molecule has 1 aromatic carbocycles. The predicted octanol–water partition coefficient (Wildman–Crippen LogP) is 2.09. The molecule has 0 fully saturated rings. The number of hydrogen-bond acceptors (Lipinski definition) is 10. The van der Waals surface area contributed by atoms with Crippen molar-refractivity contribution >= 4 is 15.6 Å². The highest BCUT2D eigenvalue weighted by Crippen LogP contribution is 2.79. The molecule has 0 aromatic heterocycles. The van der Waals surface area contributed by atoms with Gasteiger partial charge in [-0.2, -0.15) is 4.57 Å². The van der Waals surface area contributed by atoms with E-state index in [2.05, 4.69) is 9.35 Å². The molecule has 6 aliphatic heterocycles. The fraction of sp³-hybridized carbons (Fsp3) is 0. The van der Waals surface area contributed by atoms with Crippen LogP contribution in [0.1, 0.15) is 0 Å². The molecule has 6 aliphatic rings. The molecule has 12 heteroatoms. The van der Waals surface area contributed by atoms with Crippen molar-refractivity contribution in [1.29, 1.82) is 0 Å². The van der Waals surface area contributed by atoms with Crippen LogP contribution in [-0.2, 0) is 18.5 Å². The van der Waals surface area contributed by atoms with E-state index in [1.807, 2.05) is 0 Å². The zero-order valence-electron chi connectivity index (χ0n) is 7.98. The third kappa shape index (κ3) is 0.874. The highest BCUT2D eigenvalue weighted by Gasteiger charge is 2.59. The Kier molecular flexibility index (Phi) is 1.25. The molecular weight excluding hydrogens is 294 g/mol. The zero-order chi connectivity index (χ0) is 12.1. The van der Waals surface area contributed by atoms with Crippen LogP contribution in [0.2, 0.25) is 0 Å². The molecule has 94 valence electrons. The Labute approximate surface area is 97.3 Å². The van der Waals surface area contributed by atoms with Crippen molar-refractivity contribution in [2.24, 2.45) is 0 Å². The summed E-state index contributed by atoms with van der Waals surface area (Å²) in [4.78, 5) is 9.52. The molecule has 0 saturated heterocycles. The van der Waals surface area contributed by atoms with Gasteiger partial charge in [0.25, 0.3) is 11.5 Å². The normalized spacial score (nSPS) is 35.6. The molecule has 7 bridgehead atoms. The van der Waals surface area contributed by atoms with Crippen LogP contribution in [-0.4, -0.2) is 0 Å². The molecule has 10 nitrogen and oxygen atoms in total. The summed E-state index contributed by atoms with van der Waals surface area (Å²) in [7, 11) is -7.88. The second-order valence-electron chi connectivity index (χ2n) is 3.55. The van der Waals surface area contributed by atoms with Gasteiger partial charge in [0.05, 0.1) is 0 Å². The largest absolute Gasteiger partial charge is 0.647 e. The standard InChI is InChI=1S/C6O10P2/c7-17-11-3-1-4(12-17)6(13-17)5-2(3)10-16-18(8,14-5)15-9-1. The van der Waals surface area contributed by atoms with Crippen LogP contribution in [0.15, 0.2) is 0 Å². The van der Waals surface area contributed by atoms with Gasteiger partial charge in [-0.15, -0.1) is 0 Å². The van der Waals surface area contributed by atoms with E-state index in [1.54, 1.807) is 0 Å². The van der Waals surface area contributed by atoms with E-state index in [0.29, 0.717) is 0 Å². The van der Waals surface area contributed by atoms with Gasteiger partial charge in [-0.25, -0.2) is 4.57 Å². The van der Waals surface area contributed by atoms with Crippen LogP contribution in [0.4, 0.5) is 0 Å². The first kappa shape index (κ1) is 9.35. The van der Waals surface area contributed by atoms with Crippen molar-refractivity contribution in [1.82, 2.24) is 0 Å². The molecule has 0 N–H and O–H groups in total. The van der Waals surface area contributed by atoms with Crippen molar-refractivity contribution < 1.29 is 46.3 Å². The monoisotopic (exact) mass is 294 g/mol. The minimum atomic E-state index is -4.07. The third-order valence-corrected chi connectivity index (χ3v) is 4.61. The average molecular weight is 294 g/mol. The van der Waals surface area contributed by atoms with Crippen molar-refractivity contribution in [3.63, 3.8) is 0 Å². The number of rotatable bonds is 0. The van der Waals surface area contributed by atoms with E-state index in [4.69, 9.17) is 27.9 Å². The second kappa shape index (κ2) is 2.41. The molecule has 6 heterocycles. The smallest absolute Gasteiger partial charge is 0.392 e. The summed E-state index contributed by atoms with van der Waals surface area (Å²) in [6.45, 7) is 0. The van der Waals surface area contributed by atoms with Crippen LogP contribution < -0.4 is 27.9 Å². The Hall–Kier alpha value is -1.60. The number of fused-ring (bicyclic) bond motifs is 2. The molecular formula is C6O10P2. The fourth-order valence-electron chi connectivity index (χ4n) is 1.81. The van der Waals surface area contributed by atoms with E-state index in [0.717, 1.165) is 0 Å². The first-order valence-electron chi connectivity index (χ1n) is 4.52. The highest BCUT2D eigenvalue weighted by molar-refractivity contribution is 7.50. The van der Waals surface area contributed by atoms with Crippen LogP contribution >= 0.6 is 15.6 Å². The molecule has 1 aromatic rings. The Balaban J connectivity index is 1.96. The van der Waals surface area contributed by atoms with E-state index in [-0.39, 0.29) is 34.5 Å². The number of benzene rings is 1. The van der Waals surface area contributed by atoms with Crippen LogP contribution in [0, 0.1) is 0 Å². The summed E-state index contributed by atoms with van der Waals surface area (Å²) in [6, 6.07) is 0. The van der Waals surface area contributed by atoms with E-state index < -0.39 is 15.6 Å². The molecule has 0 amide bonds. The van der Waals surface area contributed by atoms with Crippen LogP contribution in [0.5, 0.6) is 34.5 Å². The molecule has 7 rings (SSSR count). The van der Waals surface area contributed by atoms with Crippen molar-refractivity contribution in [3.8, 4) is 34.5 Å². The summed E-state index contributed by atoms with van der Waals surface area (Å²) >= 11 is 0. The van der Waals surface area contributed by atoms with Gasteiger partial charge in [0.15, 0.2) is 0 Å². The van der Waals surface area contributed by atoms with Crippen molar-refractivity contribution in [3.05, 3.63) is 0 Å². The minimum Gasteiger partial charge on any atom is -0.392 e. The summed E-state index contributed by atoms with van der Waals surface area (Å²) < 4.78 is 52.5. The van der Waals surface area contributed by atoms with Gasteiger partial charge in [-0.05, 0) is 0 Å². The van der Waals surface area contributed by atoms with Gasteiger partial charge in [-0.3, -0.25) is 0 Å². The van der Waals surface area contributed by atoms with E-state index in [9.17, 15) is 9.13 Å². The molecule has 0 aliphatic carbocycles. The Bertz CT molecular complexity index is 724. The first-order valence-corrected chi connectivity index (χ1v) is 7.44. The maximum Gasteiger partial charge on any atom is 0.647 e. The van der Waals surface area contributed by atoms with Gasteiger partial charge in [0.2, 0.25) is 23.0 Å². The van der Waals surface area contributed by atoms with Crippen molar-refractivity contribution in [2.75, 3.05) is 0 Å². The fourth-order valence-corrected chi connectivity index (χ4v) is 3.90. The lowest BCUT2D eigenvalue weighted by atomic mass is 10.2. The number of hydrogen-bond donors (Lipinski definition) is 0. The van der Waals surface area contributed by atoms with Gasteiger partial charge in [0.1, 0.15) is 0 Å². The summed E-state index contributed by atoms with van der Waals surface area (Å²) in [6.07, 6.45) is 0. The summed E-state index contributed by atoms with van der Waals surface area (Å²) in [5.74, 6) is -0.552. The quantitative estimate of drug-likeness (QED) is 0.521. The SMILES string of the molecule is O=P12OOc3c(c4c5c(c3OP(=O)(O5)O4)OO1)O2. The predicted molar refractivity (Wildman–Crippen MR) is 47.6 cm³/mol. The molecule has 0 radical (unpaired) electrons.